The maximum absolute atomic E-state index is 12.0. The summed E-state index contributed by atoms with van der Waals surface area (Å²) in [7, 11) is 0. The quantitative estimate of drug-likeness (QED) is 0.437. The minimum absolute atomic E-state index is 0.0946. The van der Waals surface area contributed by atoms with Crippen LogP contribution in [0.3, 0.4) is 0 Å². The van der Waals surface area contributed by atoms with Gasteiger partial charge in [0, 0.05) is 18.8 Å². The van der Waals surface area contributed by atoms with Gasteiger partial charge in [0.2, 0.25) is 0 Å². The standard InChI is InChI=1S/C13H19N3O3S/c1-3-7-14-11-6-4-5-10(12(11)16(18)19)13(17)15-8-9-20-2/h4-6,14H,3,7-9H2,1-2H3,(H,15,17). The summed E-state index contributed by atoms with van der Waals surface area (Å²) in [5, 5.41) is 16.9. The predicted molar refractivity (Wildman–Crippen MR) is 82.6 cm³/mol. The number of rotatable bonds is 8. The van der Waals surface area contributed by atoms with E-state index in [2.05, 4.69) is 10.6 Å². The van der Waals surface area contributed by atoms with Crippen molar-refractivity contribution in [3.63, 3.8) is 0 Å². The molecule has 0 aliphatic carbocycles. The summed E-state index contributed by atoms with van der Waals surface area (Å²) in [5.74, 6) is 0.360. The second kappa shape index (κ2) is 8.42. The second-order valence-electron chi connectivity index (χ2n) is 4.13. The molecular formula is C13H19N3O3S. The van der Waals surface area contributed by atoms with Crippen molar-refractivity contribution in [2.45, 2.75) is 13.3 Å². The zero-order valence-corrected chi connectivity index (χ0v) is 12.5. The Morgan fingerprint density at radius 3 is 2.75 bits per heavy atom. The Kier molecular flexibility index (Phi) is 6.86. The SMILES string of the molecule is CCCNc1cccc(C(=O)NCCSC)c1[N+](=O)[O-]. The van der Waals surface area contributed by atoms with Crippen LogP contribution in [-0.2, 0) is 0 Å². The highest BCUT2D eigenvalue weighted by molar-refractivity contribution is 7.98. The second-order valence-corrected chi connectivity index (χ2v) is 5.12. The summed E-state index contributed by atoms with van der Waals surface area (Å²) in [6, 6.07) is 4.74. The number of nitrogens with one attached hydrogen (secondary N) is 2. The largest absolute Gasteiger partial charge is 0.379 e. The van der Waals surface area contributed by atoms with Crippen LogP contribution in [0.15, 0.2) is 18.2 Å². The van der Waals surface area contributed by atoms with E-state index in [0.29, 0.717) is 18.8 Å². The van der Waals surface area contributed by atoms with E-state index < -0.39 is 10.8 Å². The van der Waals surface area contributed by atoms with Crippen LogP contribution in [-0.4, -0.2) is 35.9 Å². The van der Waals surface area contributed by atoms with E-state index in [4.69, 9.17) is 0 Å². The van der Waals surface area contributed by atoms with Crippen molar-refractivity contribution in [2.75, 3.05) is 30.4 Å². The Bertz CT molecular complexity index is 480. The first-order valence-electron chi connectivity index (χ1n) is 6.40. The van der Waals surface area contributed by atoms with Gasteiger partial charge < -0.3 is 10.6 Å². The van der Waals surface area contributed by atoms with E-state index >= 15 is 0 Å². The molecule has 0 atom stereocenters. The zero-order valence-electron chi connectivity index (χ0n) is 11.6. The number of nitrogens with zero attached hydrogens (tertiary/aromatic N) is 1. The molecular weight excluding hydrogens is 278 g/mol. The highest BCUT2D eigenvalue weighted by atomic mass is 32.2. The Morgan fingerprint density at radius 2 is 2.15 bits per heavy atom. The van der Waals surface area contributed by atoms with E-state index in [0.717, 1.165) is 12.2 Å². The van der Waals surface area contributed by atoms with E-state index in [9.17, 15) is 14.9 Å². The molecule has 0 saturated carbocycles. The highest BCUT2D eigenvalue weighted by Crippen LogP contribution is 2.28. The van der Waals surface area contributed by atoms with Gasteiger partial charge in [0.15, 0.2) is 0 Å². The first-order chi connectivity index (χ1) is 9.61. The van der Waals surface area contributed by atoms with E-state index in [-0.39, 0.29) is 11.3 Å². The first-order valence-corrected chi connectivity index (χ1v) is 7.79. The number of benzene rings is 1. The summed E-state index contributed by atoms with van der Waals surface area (Å²) in [5.41, 5.74) is 0.314. The van der Waals surface area contributed by atoms with Gasteiger partial charge in [0.1, 0.15) is 11.3 Å². The van der Waals surface area contributed by atoms with Gasteiger partial charge in [-0.05, 0) is 24.8 Å². The van der Waals surface area contributed by atoms with Gasteiger partial charge in [0.05, 0.1) is 4.92 Å². The number of carbonyl (C=O) groups excluding carboxylic acids is 1. The molecule has 1 amide bonds. The van der Waals surface area contributed by atoms with Gasteiger partial charge in [-0.1, -0.05) is 13.0 Å². The number of carbonyl (C=O) groups is 1. The van der Waals surface area contributed by atoms with Crippen LogP contribution in [0.4, 0.5) is 11.4 Å². The molecule has 0 unspecified atom stereocenters. The number of nitro benzene ring substituents is 1. The number of nitro groups is 1. The van der Waals surface area contributed by atoms with Crippen molar-refractivity contribution in [3.05, 3.63) is 33.9 Å². The third-order valence-electron chi connectivity index (χ3n) is 2.62. The molecule has 0 bridgehead atoms. The Labute approximate surface area is 122 Å². The molecule has 0 spiro atoms. The first kappa shape index (κ1) is 16.3. The molecule has 6 nitrogen and oxygen atoms in total. The molecule has 7 heteroatoms. The molecule has 1 aromatic rings. The van der Waals surface area contributed by atoms with Gasteiger partial charge in [-0.3, -0.25) is 14.9 Å². The summed E-state index contributed by atoms with van der Waals surface area (Å²) in [6.45, 7) is 3.08. The maximum Gasteiger partial charge on any atom is 0.305 e. The van der Waals surface area contributed by atoms with Crippen molar-refractivity contribution < 1.29 is 9.72 Å². The van der Waals surface area contributed by atoms with Crippen molar-refractivity contribution in [1.82, 2.24) is 5.32 Å². The Hall–Kier alpha value is -1.76. The number of amides is 1. The summed E-state index contributed by atoms with van der Waals surface area (Å²) in [6.07, 6.45) is 2.78. The fraction of sp³-hybridized carbons (Fsp3) is 0.462. The van der Waals surface area contributed by atoms with Crippen LogP contribution >= 0.6 is 11.8 Å². The fourth-order valence-corrected chi connectivity index (χ4v) is 1.99. The van der Waals surface area contributed by atoms with Crippen molar-refractivity contribution in [3.8, 4) is 0 Å². The lowest BCUT2D eigenvalue weighted by atomic mass is 10.1. The van der Waals surface area contributed by atoms with Crippen LogP contribution in [0, 0.1) is 10.1 Å². The molecule has 1 aromatic carbocycles. The topological polar surface area (TPSA) is 84.3 Å². The monoisotopic (exact) mass is 297 g/mol. The van der Waals surface area contributed by atoms with Gasteiger partial charge in [-0.15, -0.1) is 0 Å². The molecule has 1 rings (SSSR count). The average molecular weight is 297 g/mol. The number of anilines is 1. The number of para-hydroxylation sites is 1. The van der Waals surface area contributed by atoms with Crippen LogP contribution in [0.1, 0.15) is 23.7 Å². The number of thioether (sulfide) groups is 1. The minimum atomic E-state index is -0.512. The third-order valence-corrected chi connectivity index (χ3v) is 3.23. The molecule has 0 saturated heterocycles. The number of hydrogen-bond donors (Lipinski definition) is 2. The molecule has 0 fully saturated rings. The molecule has 2 N–H and O–H groups in total. The molecule has 110 valence electrons. The normalized spacial score (nSPS) is 10.1. The lowest BCUT2D eigenvalue weighted by molar-refractivity contribution is -0.384. The fourth-order valence-electron chi connectivity index (χ4n) is 1.69. The van der Waals surface area contributed by atoms with E-state index in [1.165, 1.54) is 6.07 Å². The zero-order chi connectivity index (χ0) is 15.0. The Balaban J connectivity index is 2.99. The third kappa shape index (κ3) is 4.41. The number of hydrogen-bond acceptors (Lipinski definition) is 5. The van der Waals surface area contributed by atoms with Crippen LogP contribution in [0.2, 0.25) is 0 Å². The minimum Gasteiger partial charge on any atom is -0.379 e. The van der Waals surface area contributed by atoms with Crippen LogP contribution < -0.4 is 10.6 Å². The van der Waals surface area contributed by atoms with Gasteiger partial charge in [0.25, 0.3) is 5.91 Å². The van der Waals surface area contributed by atoms with Crippen molar-refractivity contribution in [2.24, 2.45) is 0 Å². The summed E-state index contributed by atoms with van der Waals surface area (Å²) >= 11 is 1.60. The smallest absolute Gasteiger partial charge is 0.305 e. The summed E-state index contributed by atoms with van der Waals surface area (Å²) in [4.78, 5) is 22.7. The van der Waals surface area contributed by atoms with Crippen molar-refractivity contribution >= 4 is 29.0 Å². The lowest BCUT2D eigenvalue weighted by Gasteiger charge is -2.09. The van der Waals surface area contributed by atoms with Crippen LogP contribution in [0.25, 0.3) is 0 Å². The van der Waals surface area contributed by atoms with E-state index in [1.54, 1.807) is 23.9 Å². The molecule has 20 heavy (non-hydrogen) atoms. The average Bonchev–Trinajstić information content (AvgIpc) is 2.44. The molecule has 0 heterocycles. The maximum atomic E-state index is 12.0. The molecule has 0 aliphatic heterocycles. The molecule has 0 aromatic heterocycles. The van der Waals surface area contributed by atoms with Crippen molar-refractivity contribution in [1.29, 1.82) is 0 Å². The van der Waals surface area contributed by atoms with Crippen LogP contribution in [0.5, 0.6) is 0 Å². The van der Waals surface area contributed by atoms with Gasteiger partial charge >= 0.3 is 5.69 Å². The predicted octanol–water partition coefficient (Wildman–Crippen LogP) is 2.51. The summed E-state index contributed by atoms with van der Waals surface area (Å²) < 4.78 is 0. The highest BCUT2D eigenvalue weighted by Gasteiger charge is 2.23. The lowest BCUT2D eigenvalue weighted by Crippen LogP contribution is -2.26. The molecule has 0 aliphatic rings. The Morgan fingerprint density at radius 1 is 1.40 bits per heavy atom. The van der Waals surface area contributed by atoms with Gasteiger partial charge in [-0.25, -0.2) is 0 Å². The van der Waals surface area contributed by atoms with E-state index in [1.807, 2.05) is 13.2 Å². The molecule has 0 radical (unpaired) electrons. The van der Waals surface area contributed by atoms with Gasteiger partial charge in [-0.2, -0.15) is 11.8 Å².